The highest BCUT2D eigenvalue weighted by Crippen LogP contribution is 2.37. The van der Waals surface area contributed by atoms with E-state index >= 15 is 0 Å². The average Bonchev–Trinajstić information content (AvgIpc) is 2.37. The van der Waals surface area contributed by atoms with Gasteiger partial charge in [0.05, 0.1) is 0 Å². The predicted molar refractivity (Wildman–Crippen MR) is 70.3 cm³/mol. The van der Waals surface area contributed by atoms with Crippen LogP contribution >= 0.6 is 0 Å². The van der Waals surface area contributed by atoms with Gasteiger partial charge < -0.3 is 14.9 Å². The van der Waals surface area contributed by atoms with E-state index in [1.54, 1.807) is 30.3 Å². The molecule has 0 spiro atoms. The lowest BCUT2D eigenvalue weighted by molar-refractivity contribution is 0.382. The predicted octanol–water partition coefficient (Wildman–Crippen LogP) is 3.84. The van der Waals surface area contributed by atoms with Crippen LogP contribution in [0.15, 0.2) is 42.5 Å². The molecule has 3 nitrogen and oxygen atoms in total. The van der Waals surface area contributed by atoms with Gasteiger partial charge in [0.15, 0.2) is 23.0 Å². The first-order valence-electron chi connectivity index (χ1n) is 5.99. The lowest BCUT2D eigenvalue weighted by Gasteiger charge is -2.11. The van der Waals surface area contributed by atoms with E-state index in [-0.39, 0.29) is 11.5 Å². The maximum Gasteiger partial charge on any atom is 0.169 e. The lowest BCUT2D eigenvalue weighted by Crippen LogP contribution is -1.89. The van der Waals surface area contributed by atoms with Crippen LogP contribution < -0.4 is 4.74 Å². The Morgan fingerprint density at radius 1 is 0.944 bits per heavy atom. The number of hydrogen-bond acceptors (Lipinski definition) is 3. The zero-order valence-corrected chi connectivity index (χ0v) is 10.3. The van der Waals surface area contributed by atoms with Gasteiger partial charge in [-0.2, -0.15) is 0 Å². The molecule has 0 amide bonds. The minimum Gasteiger partial charge on any atom is -0.504 e. The van der Waals surface area contributed by atoms with E-state index < -0.39 is 0 Å². The normalized spacial score (nSPS) is 10.3. The van der Waals surface area contributed by atoms with E-state index in [1.165, 1.54) is 0 Å². The number of benzene rings is 2. The molecule has 2 aromatic carbocycles. The summed E-state index contributed by atoms with van der Waals surface area (Å²) in [5, 5.41) is 19.7. The summed E-state index contributed by atoms with van der Waals surface area (Å²) < 4.78 is 5.53. The number of phenols is 2. The molecule has 0 aliphatic heterocycles. The van der Waals surface area contributed by atoms with Crippen LogP contribution in [0.1, 0.15) is 18.9 Å². The Morgan fingerprint density at radius 2 is 1.67 bits per heavy atom. The molecule has 0 unspecified atom stereocenters. The first-order chi connectivity index (χ1) is 8.72. The third-order valence-electron chi connectivity index (χ3n) is 2.69. The smallest absolute Gasteiger partial charge is 0.169 e. The van der Waals surface area contributed by atoms with Crippen LogP contribution in [0.25, 0.3) is 0 Å². The fourth-order valence-electron chi connectivity index (χ4n) is 1.78. The van der Waals surface area contributed by atoms with Gasteiger partial charge in [0.2, 0.25) is 0 Å². The minimum absolute atomic E-state index is 0.0535. The summed E-state index contributed by atoms with van der Waals surface area (Å²) in [6.07, 6.45) is 1.75. The van der Waals surface area contributed by atoms with Crippen LogP contribution in [0.4, 0.5) is 0 Å². The van der Waals surface area contributed by atoms with Crippen LogP contribution in [0.5, 0.6) is 23.0 Å². The zero-order valence-electron chi connectivity index (χ0n) is 10.3. The summed E-state index contributed by atoms with van der Waals surface area (Å²) in [6, 6.07) is 12.1. The molecule has 18 heavy (non-hydrogen) atoms. The van der Waals surface area contributed by atoms with Crippen LogP contribution in [-0.4, -0.2) is 10.2 Å². The highest BCUT2D eigenvalue weighted by Gasteiger charge is 2.10. The van der Waals surface area contributed by atoms with Crippen molar-refractivity contribution in [2.24, 2.45) is 0 Å². The Morgan fingerprint density at radius 3 is 2.39 bits per heavy atom. The van der Waals surface area contributed by atoms with Crippen molar-refractivity contribution in [1.82, 2.24) is 0 Å². The van der Waals surface area contributed by atoms with Gasteiger partial charge in [-0.05, 0) is 30.2 Å². The van der Waals surface area contributed by atoms with Gasteiger partial charge in [-0.3, -0.25) is 0 Å². The Balaban J connectivity index is 2.30. The van der Waals surface area contributed by atoms with Crippen molar-refractivity contribution >= 4 is 0 Å². The molecular weight excluding hydrogens is 228 g/mol. The van der Waals surface area contributed by atoms with Gasteiger partial charge >= 0.3 is 0 Å². The summed E-state index contributed by atoms with van der Waals surface area (Å²) in [6.45, 7) is 2.05. The molecule has 0 aliphatic rings. The summed E-state index contributed by atoms with van der Waals surface area (Å²) in [7, 11) is 0. The second-order valence-electron chi connectivity index (χ2n) is 4.08. The molecular formula is C15H16O3. The lowest BCUT2D eigenvalue weighted by atomic mass is 10.1. The monoisotopic (exact) mass is 244 g/mol. The summed E-state index contributed by atoms with van der Waals surface area (Å²) in [4.78, 5) is 0. The molecule has 0 aromatic heterocycles. The Hall–Kier alpha value is -2.16. The third-order valence-corrected chi connectivity index (χ3v) is 2.69. The highest BCUT2D eigenvalue weighted by atomic mass is 16.5. The van der Waals surface area contributed by atoms with Crippen molar-refractivity contribution in [1.29, 1.82) is 0 Å². The minimum atomic E-state index is 0.0535. The molecule has 2 aromatic rings. The maximum atomic E-state index is 10.1. The summed E-state index contributed by atoms with van der Waals surface area (Å²) in [5.41, 5.74) is 0.852. The third kappa shape index (κ3) is 2.56. The van der Waals surface area contributed by atoms with E-state index in [0.29, 0.717) is 11.5 Å². The van der Waals surface area contributed by atoms with E-state index in [1.807, 2.05) is 12.1 Å². The number of phenolic OH excluding ortho intramolecular Hbond substituents is 2. The van der Waals surface area contributed by atoms with E-state index in [4.69, 9.17) is 4.74 Å². The Kier molecular flexibility index (Phi) is 3.72. The zero-order chi connectivity index (χ0) is 13.0. The van der Waals surface area contributed by atoms with Gasteiger partial charge in [0.25, 0.3) is 0 Å². The number of hydrogen-bond donors (Lipinski definition) is 2. The maximum absolute atomic E-state index is 10.1. The standard InChI is InChI=1S/C15H16O3/c1-2-6-11-7-5-10-14(15(11)17)18-13-9-4-3-8-12(13)16/h3-5,7-10,16-17H,2,6H2,1H3. The average molecular weight is 244 g/mol. The molecule has 0 saturated carbocycles. The van der Waals surface area contributed by atoms with Gasteiger partial charge in [0, 0.05) is 0 Å². The molecule has 0 fully saturated rings. The number of aromatic hydroxyl groups is 2. The van der Waals surface area contributed by atoms with Gasteiger partial charge in [0.1, 0.15) is 0 Å². The molecule has 94 valence electrons. The molecule has 0 radical (unpaired) electrons. The van der Waals surface area contributed by atoms with Gasteiger partial charge in [-0.15, -0.1) is 0 Å². The second-order valence-corrected chi connectivity index (χ2v) is 4.08. The first-order valence-corrected chi connectivity index (χ1v) is 5.99. The van der Waals surface area contributed by atoms with E-state index in [2.05, 4.69) is 6.92 Å². The Labute approximate surface area is 106 Å². The second kappa shape index (κ2) is 5.45. The van der Waals surface area contributed by atoms with Crippen molar-refractivity contribution in [3.8, 4) is 23.0 Å². The SMILES string of the molecule is CCCc1cccc(Oc2ccccc2O)c1O. The molecule has 3 heteroatoms. The molecule has 0 aliphatic carbocycles. The fourth-order valence-corrected chi connectivity index (χ4v) is 1.78. The molecule has 0 saturated heterocycles. The molecule has 0 heterocycles. The molecule has 0 bridgehead atoms. The quantitative estimate of drug-likeness (QED) is 0.859. The number of para-hydroxylation sites is 3. The van der Waals surface area contributed by atoms with Crippen LogP contribution in [0, 0.1) is 0 Å². The Bertz CT molecular complexity index is 535. The fraction of sp³-hybridized carbons (Fsp3) is 0.200. The van der Waals surface area contributed by atoms with Gasteiger partial charge in [-0.1, -0.05) is 37.6 Å². The van der Waals surface area contributed by atoms with Crippen LogP contribution in [-0.2, 0) is 6.42 Å². The molecule has 0 atom stereocenters. The van der Waals surface area contributed by atoms with Crippen molar-refractivity contribution < 1.29 is 14.9 Å². The molecule has 2 rings (SSSR count). The van der Waals surface area contributed by atoms with Gasteiger partial charge in [-0.25, -0.2) is 0 Å². The van der Waals surface area contributed by atoms with Crippen LogP contribution in [0.2, 0.25) is 0 Å². The largest absolute Gasteiger partial charge is 0.504 e. The summed E-state index contributed by atoms with van der Waals surface area (Å²) in [5.74, 6) is 0.893. The highest BCUT2D eigenvalue weighted by molar-refractivity contribution is 5.49. The summed E-state index contributed by atoms with van der Waals surface area (Å²) >= 11 is 0. The number of ether oxygens (including phenoxy) is 1. The van der Waals surface area contributed by atoms with Crippen molar-refractivity contribution in [3.05, 3.63) is 48.0 Å². The number of rotatable bonds is 4. The molecule has 2 N–H and O–H groups in total. The van der Waals surface area contributed by atoms with Crippen molar-refractivity contribution in [2.45, 2.75) is 19.8 Å². The van der Waals surface area contributed by atoms with E-state index in [9.17, 15) is 10.2 Å². The van der Waals surface area contributed by atoms with E-state index in [0.717, 1.165) is 18.4 Å². The topological polar surface area (TPSA) is 49.7 Å². The van der Waals surface area contributed by atoms with Crippen molar-refractivity contribution in [3.63, 3.8) is 0 Å². The number of aryl methyl sites for hydroxylation is 1. The first kappa shape index (κ1) is 12.3. The van der Waals surface area contributed by atoms with Crippen LogP contribution in [0.3, 0.4) is 0 Å². The van der Waals surface area contributed by atoms with Crippen molar-refractivity contribution in [2.75, 3.05) is 0 Å².